The van der Waals surface area contributed by atoms with E-state index in [-0.39, 0.29) is 32.4 Å². The molecule has 1 amide bonds. The molecule has 12 heteroatoms. The lowest BCUT2D eigenvalue weighted by molar-refractivity contribution is -0.144. The number of amides is 1. The topological polar surface area (TPSA) is 76.1 Å². The minimum atomic E-state index is -4.75. The average Bonchev–Trinajstić information content (AvgIpc) is 3.02. The smallest absolute Gasteiger partial charge is 0.418 e. The molecule has 1 saturated heterocycles. The number of thioether (sulfide) groups is 1. The van der Waals surface area contributed by atoms with Crippen LogP contribution in [0, 0.1) is 0 Å². The van der Waals surface area contributed by atoms with Crippen molar-refractivity contribution in [3.8, 4) is 11.5 Å². The molecule has 1 unspecified atom stereocenters. The van der Waals surface area contributed by atoms with E-state index in [1.54, 1.807) is 13.0 Å². The highest BCUT2D eigenvalue weighted by molar-refractivity contribution is 8.27. The fraction of sp³-hybridized carbons (Fsp3) is 0.227. The lowest BCUT2D eigenvalue weighted by atomic mass is 10.1. The Hall–Kier alpha value is -2.76. The average molecular weight is 532 g/mol. The van der Waals surface area contributed by atoms with Gasteiger partial charge in [-0.05, 0) is 55.8 Å². The zero-order valence-corrected chi connectivity index (χ0v) is 20.1. The van der Waals surface area contributed by atoms with Crippen molar-refractivity contribution in [3.05, 3.63) is 57.5 Å². The number of alkyl halides is 3. The molecule has 0 radical (unpaired) electrons. The highest BCUT2D eigenvalue weighted by Crippen LogP contribution is 2.43. The normalized spacial score (nSPS) is 16.2. The lowest BCUT2D eigenvalue weighted by Gasteiger charge is -2.20. The standard InChI is InChI=1S/C22H17ClF3NO5S2/c1-3-31-17-8-12(4-7-16(17)32-11(2)20(29)30)9-18-19(28)27(21(33)34-18)15-6-5-13(23)10-14(15)22(24,25)26/h4-11H,3H2,1-2H3,(H,29,30)/b18-9+. The summed E-state index contributed by atoms with van der Waals surface area (Å²) in [6.07, 6.45) is -4.42. The Balaban J connectivity index is 1.96. The number of benzene rings is 2. The quantitative estimate of drug-likeness (QED) is 0.346. The van der Waals surface area contributed by atoms with Crippen molar-refractivity contribution in [3.63, 3.8) is 0 Å². The first kappa shape index (κ1) is 25.9. The second kappa shape index (κ2) is 10.2. The number of hydrogen-bond acceptors (Lipinski definition) is 6. The maximum Gasteiger partial charge on any atom is 0.418 e. The lowest BCUT2D eigenvalue weighted by Crippen LogP contribution is -2.29. The summed E-state index contributed by atoms with van der Waals surface area (Å²) >= 11 is 11.8. The van der Waals surface area contributed by atoms with Crippen LogP contribution in [0.25, 0.3) is 6.08 Å². The van der Waals surface area contributed by atoms with Crippen LogP contribution in [0.1, 0.15) is 25.0 Å². The fourth-order valence-electron chi connectivity index (χ4n) is 2.98. The van der Waals surface area contributed by atoms with Gasteiger partial charge < -0.3 is 14.6 Å². The van der Waals surface area contributed by atoms with Crippen molar-refractivity contribution < 1.29 is 37.3 Å². The van der Waals surface area contributed by atoms with Crippen molar-refractivity contribution in [2.24, 2.45) is 0 Å². The third-order valence-electron chi connectivity index (χ3n) is 4.52. The number of carbonyl (C=O) groups excluding carboxylic acids is 1. The Morgan fingerprint density at radius 2 is 1.97 bits per heavy atom. The van der Waals surface area contributed by atoms with Gasteiger partial charge in [-0.25, -0.2) is 4.79 Å². The third-order valence-corrected chi connectivity index (χ3v) is 6.05. The summed E-state index contributed by atoms with van der Waals surface area (Å²) in [7, 11) is 0. The van der Waals surface area contributed by atoms with E-state index in [9.17, 15) is 22.8 Å². The Labute approximate surface area is 207 Å². The number of halogens is 4. The van der Waals surface area contributed by atoms with Gasteiger partial charge in [-0.15, -0.1) is 0 Å². The molecule has 0 aromatic heterocycles. The molecule has 180 valence electrons. The second-order valence-corrected chi connectivity index (χ2v) is 9.03. The first-order valence-electron chi connectivity index (χ1n) is 9.73. The fourth-order valence-corrected chi connectivity index (χ4v) is 4.44. The molecule has 1 N–H and O–H groups in total. The number of rotatable bonds is 7. The molecule has 0 bridgehead atoms. The molecule has 0 spiro atoms. The van der Waals surface area contributed by atoms with Crippen LogP contribution in [-0.2, 0) is 15.8 Å². The van der Waals surface area contributed by atoms with Gasteiger partial charge in [0.25, 0.3) is 5.91 Å². The second-order valence-electron chi connectivity index (χ2n) is 6.91. The van der Waals surface area contributed by atoms with E-state index in [1.807, 2.05) is 0 Å². The van der Waals surface area contributed by atoms with Gasteiger partial charge in [0.15, 0.2) is 21.9 Å². The number of thiocarbonyl (C=S) groups is 1. The first-order valence-corrected chi connectivity index (χ1v) is 11.3. The number of hydrogen-bond donors (Lipinski definition) is 1. The number of aliphatic carboxylic acids is 1. The zero-order chi connectivity index (χ0) is 25.2. The Bertz CT molecular complexity index is 1190. The molecule has 0 aliphatic carbocycles. The van der Waals surface area contributed by atoms with Crippen LogP contribution in [0.3, 0.4) is 0 Å². The molecule has 1 fully saturated rings. The number of nitrogens with zero attached hydrogens (tertiary/aromatic N) is 1. The van der Waals surface area contributed by atoms with Crippen molar-refractivity contribution in [2.75, 3.05) is 11.5 Å². The minimum Gasteiger partial charge on any atom is -0.490 e. The number of carbonyl (C=O) groups is 2. The molecule has 3 rings (SSSR count). The molecule has 1 aliphatic rings. The van der Waals surface area contributed by atoms with E-state index >= 15 is 0 Å². The summed E-state index contributed by atoms with van der Waals surface area (Å²) in [5.41, 5.74) is -1.01. The Morgan fingerprint density at radius 1 is 1.26 bits per heavy atom. The van der Waals surface area contributed by atoms with Crippen LogP contribution >= 0.6 is 35.6 Å². The SMILES string of the molecule is CCOc1cc(/C=C2/SC(=S)N(c3ccc(Cl)cc3C(F)(F)F)C2=O)ccc1OC(C)C(=O)O. The van der Waals surface area contributed by atoms with Crippen LogP contribution in [0.2, 0.25) is 5.02 Å². The molecule has 2 aromatic rings. The maximum atomic E-state index is 13.6. The molecular formula is C22H17ClF3NO5S2. The van der Waals surface area contributed by atoms with Gasteiger partial charge in [0.1, 0.15) is 0 Å². The van der Waals surface area contributed by atoms with Crippen molar-refractivity contribution >= 4 is 63.5 Å². The molecule has 6 nitrogen and oxygen atoms in total. The third kappa shape index (κ3) is 5.65. The predicted octanol–water partition coefficient (Wildman–Crippen LogP) is 6.02. The van der Waals surface area contributed by atoms with Gasteiger partial charge in [-0.2, -0.15) is 13.2 Å². The van der Waals surface area contributed by atoms with Gasteiger partial charge in [0.05, 0.1) is 22.8 Å². The Kier molecular flexibility index (Phi) is 7.79. The zero-order valence-electron chi connectivity index (χ0n) is 17.7. The van der Waals surface area contributed by atoms with Gasteiger partial charge in [-0.1, -0.05) is 41.6 Å². The maximum absolute atomic E-state index is 13.6. The molecule has 1 heterocycles. The van der Waals surface area contributed by atoms with Gasteiger partial charge >= 0.3 is 12.1 Å². The highest BCUT2D eigenvalue weighted by Gasteiger charge is 2.41. The van der Waals surface area contributed by atoms with Crippen LogP contribution in [0.15, 0.2) is 41.3 Å². The van der Waals surface area contributed by atoms with E-state index in [2.05, 4.69) is 0 Å². The van der Waals surface area contributed by atoms with E-state index in [0.717, 1.165) is 28.8 Å². The van der Waals surface area contributed by atoms with Crippen molar-refractivity contribution in [1.82, 2.24) is 0 Å². The van der Waals surface area contributed by atoms with Gasteiger partial charge in [0, 0.05) is 5.02 Å². The molecular weight excluding hydrogens is 515 g/mol. The molecule has 34 heavy (non-hydrogen) atoms. The van der Waals surface area contributed by atoms with Gasteiger partial charge in [0.2, 0.25) is 0 Å². The van der Waals surface area contributed by atoms with Gasteiger partial charge in [-0.3, -0.25) is 9.69 Å². The van der Waals surface area contributed by atoms with Crippen LogP contribution in [0.4, 0.5) is 18.9 Å². The van der Waals surface area contributed by atoms with E-state index in [1.165, 1.54) is 31.2 Å². The van der Waals surface area contributed by atoms with Crippen LogP contribution < -0.4 is 14.4 Å². The predicted molar refractivity (Wildman–Crippen MR) is 127 cm³/mol. The first-order chi connectivity index (χ1) is 15.9. The van der Waals surface area contributed by atoms with E-state index in [0.29, 0.717) is 5.56 Å². The highest BCUT2D eigenvalue weighted by atomic mass is 35.5. The number of carboxylic acid groups (broad SMARTS) is 1. The number of carboxylic acids is 1. The number of anilines is 1. The largest absolute Gasteiger partial charge is 0.490 e. The Morgan fingerprint density at radius 3 is 2.59 bits per heavy atom. The van der Waals surface area contributed by atoms with Crippen LogP contribution in [-0.4, -0.2) is 34.0 Å². The van der Waals surface area contributed by atoms with Crippen molar-refractivity contribution in [1.29, 1.82) is 0 Å². The molecule has 2 aromatic carbocycles. The van der Waals surface area contributed by atoms with E-state index in [4.69, 9.17) is 38.4 Å². The molecule has 1 aliphatic heterocycles. The summed E-state index contributed by atoms with van der Waals surface area (Å²) < 4.78 is 51.5. The monoisotopic (exact) mass is 531 g/mol. The summed E-state index contributed by atoms with van der Waals surface area (Å²) in [6.45, 7) is 3.36. The summed E-state index contributed by atoms with van der Waals surface area (Å²) in [6, 6.07) is 7.66. The summed E-state index contributed by atoms with van der Waals surface area (Å²) in [4.78, 5) is 25.0. The van der Waals surface area contributed by atoms with Crippen LogP contribution in [0.5, 0.6) is 11.5 Å². The summed E-state index contributed by atoms with van der Waals surface area (Å²) in [5, 5.41) is 8.93. The summed E-state index contributed by atoms with van der Waals surface area (Å²) in [5.74, 6) is -1.44. The molecule has 0 saturated carbocycles. The minimum absolute atomic E-state index is 0.0654. The number of ether oxygens (including phenoxy) is 2. The van der Waals surface area contributed by atoms with Crippen molar-refractivity contribution in [2.45, 2.75) is 26.1 Å². The molecule has 1 atom stereocenters. The van der Waals surface area contributed by atoms with E-state index < -0.39 is 35.4 Å².